The first-order chi connectivity index (χ1) is 18.0. The number of aromatic nitrogens is 1. The SMILES string of the molecule is O=C(SC[C@@H](Cc1ccccc1)C(=O)N[C@@H](Cc1ccc(-c2nccs2)cc1)C(=O)O)c1ccccc1. The van der Waals surface area contributed by atoms with Gasteiger partial charge in [0, 0.05) is 34.9 Å². The fraction of sp³-hybridized carbons (Fsp3) is 0.172. The number of carboxylic acids is 1. The number of nitrogens with zero attached hydrogens (tertiary/aromatic N) is 1. The number of benzene rings is 3. The number of carbonyl (C=O) groups is 3. The van der Waals surface area contributed by atoms with Gasteiger partial charge in [-0.3, -0.25) is 9.59 Å². The Morgan fingerprint density at radius 2 is 1.51 bits per heavy atom. The molecule has 1 amide bonds. The van der Waals surface area contributed by atoms with E-state index < -0.39 is 17.9 Å². The van der Waals surface area contributed by atoms with Gasteiger partial charge in [0.1, 0.15) is 11.0 Å². The van der Waals surface area contributed by atoms with Crippen molar-refractivity contribution in [3.63, 3.8) is 0 Å². The molecule has 2 N–H and O–H groups in total. The molecular weight excluding hydrogens is 504 g/mol. The molecule has 0 saturated carbocycles. The summed E-state index contributed by atoms with van der Waals surface area (Å²) >= 11 is 2.60. The van der Waals surface area contributed by atoms with Gasteiger partial charge < -0.3 is 10.4 Å². The monoisotopic (exact) mass is 530 g/mol. The molecule has 0 bridgehead atoms. The van der Waals surface area contributed by atoms with Gasteiger partial charge in [0.15, 0.2) is 0 Å². The third kappa shape index (κ3) is 7.62. The molecule has 2 atom stereocenters. The second kappa shape index (κ2) is 13.0. The summed E-state index contributed by atoms with van der Waals surface area (Å²) in [6.07, 6.45) is 2.28. The third-order valence-electron chi connectivity index (χ3n) is 5.81. The van der Waals surface area contributed by atoms with Crippen LogP contribution in [0.3, 0.4) is 0 Å². The molecule has 0 aliphatic rings. The minimum Gasteiger partial charge on any atom is -0.480 e. The fourth-order valence-corrected chi connectivity index (χ4v) is 5.40. The van der Waals surface area contributed by atoms with Gasteiger partial charge in [0.05, 0.1) is 5.92 Å². The van der Waals surface area contributed by atoms with Crippen LogP contribution in [0.4, 0.5) is 0 Å². The predicted molar refractivity (Wildman–Crippen MR) is 148 cm³/mol. The zero-order valence-electron chi connectivity index (χ0n) is 19.9. The highest BCUT2D eigenvalue weighted by atomic mass is 32.2. The van der Waals surface area contributed by atoms with Gasteiger partial charge in [-0.25, -0.2) is 9.78 Å². The molecule has 1 aromatic heterocycles. The maximum absolute atomic E-state index is 13.3. The van der Waals surface area contributed by atoms with Gasteiger partial charge >= 0.3 is 5.97 Å². The minimum atomic E-state index is -1.11. The van der Waals surface area contributed by atoms with Gasteiger partial charge in [-0.05, 0) is 17.5 Å². The molecule has 188 valence electrons. The smallest absolute Gasteiger partial charge is 0.326 e. The number of aliphatic carboxylic acids is 1. The standard InChI is InChI=1S/C29H26N2O4S2/c32-26(31-25(28(33)34)18-21-11-13-22(14-12-21)27-30-15-16-36-27)24(17-20-7-3-1-4-8-20)19-37-29(35)23-9-5-2-6-10-23/h1-16,24-25H,17-19H2,(H,31,32)(H,33,34)/t24-,25+/m1/s1. The number of nitrogens with one attached hydrogen (secondary N) is 1. The van der Waals surface area contributed by atoms with Crippen molar-refractivity contribution >= 4 is 40.1 Å². The molecule has 37 heavy (non-hydrogen) atoms. The number of carbonyl (C=O) groups excluding carboxylic acids is 2. The van der Waals surface area contributed by atoms with Crippen LogP contribution in [-0.2, 0) is 22.4 Å². The molecular formula is C29H26N2O4S2. The molecule has 0 aliphatic carbocycles. The zero-order valence-corrected chi connectivity index (χ0v) is 21.6. The Morgan fingerprint density at radius 1 is 0.865 bits per heavy atom. The molecule has 0 unspecified atom stereocenters. The van der Waals surface area contributed by atoms with E-state index in [-0.39, 0.29) is 23.2 Å². The number of hydrogen-bond donors (Lipinski definition) is 2. The first-order valence-corrected chi connectivity index (χ1v) is 13.6. The molecule has 4 aromatic rings. The molecule has 0 fully saturated rings. The van der Waals surface area contributed by atoms with Crippen molar-refractivity contribution < 1.29 is 19.5 Å². The Morgan fingerprint density at radius 3 is 2.14 bits per heavy atom. The molecule has 1 heterocycles. The number of carboxylic acid groups (broad SMARTS) is 1. The van der Waals surface area contributed by atoms with Crippen LogP contribution in [0.15, 0.2) is 96.5 Å². The van der Waals surface area contributed by atoms with Crippen LogP contribution >= 0.6 is 23.1 Å². The van der Waals surface area contributed by atoms with Crippen LogP contribution in [0.1, 0.15) is 21.5 Å². The average molecular weight is 531 g/mol. The summed E-state index contributed by atoms with van der Waals surface area (Å²) in [5.74, 6) is -1.83. The number of hydrogen-bond acceptors (Lipinski definition) is 6. The van der Waals surface area contributed by atoms with E-state index in [9.17, 15) is 19.5 Å². The van der Waals surface area contributed by atoms with Gasteiger partial charge in [0.25, 0.3) is 0 Å². The lowest BCUT2D eigenvalue weighted by molar-refractivity contribution is -0.142. The molecule has 4 rings (SSSR count). The molecule has 0 radical (unpaired) electrons. The number of rotatable bonds is 11. The first kappa shape index (κ1) is 26.3. The molecule has 3 aromatic carbocycles. The molecule has 6 nitrogen and oxygen atoms in total. The topological polar surface area (TPSA) is 96.4 Å². The van der Waals surface area contributed by atoms with Gasteiger partial charge in [0.2, 0.25) is 11.0 Å². The number of thiazole rings is 1. The van der Waals surface area contributed by atoms with E-state index in [0.717, 1.165) is 33.5 Å². The summed E-state index contributed by atoms with van der Waals surface area (Å²) in [5, 5.41) is 15.2. The van der Waals surface area contributed by atoms with Crippen LogP contribution in [0, 0.1) is 5.92 Å². The van der Waals surface area contributed by atoms with Crippen molar-refractivity contribution in [3.8, 4) is 10.6 Å². The Hall–Kier alpha value is -3.75. The van der Waals surface area contributed by atoms with Crippen molar-refractivity contribution in [3.05, 3.63) is 113 Å². The quantitative estimate of drug-likeness (QED) is 0.271. The van der Waals surface area contributed by atoms with E-state index in [1.807, 2.05) is 66.0 Å². The molecule has 8 heteroatoms. The van der Waals surface area contributed by atoms with Gasteiger partial charge in [-0.1, -0.05) is 96.7 Å². The van der Waals surface area contributed by atoms with Crippen LogP contribution in [0.5, 0.6) is 0 Å². The van der Waals surface area contributed by atoms with Crippen LogP contribution in [0.2, 0.25) is 0 Å². The molecule has 0 aliphatic heterocycles. The van der Waals surface area contributed by atoms with E-state index in [2.05, 4.69) is 10.3 Å². The first-order valence-electron chi connectivity index (χ1n) is 11.8. The highest BCUT2D eigenvalue weighted by Crippen LogP contribution is 2.23. The summed E-state index contributed by atoms with van der Waals surface area (Å²) in [4.78, 5) is 42.3. The summed E-state index contributed by atoms with van der Waals surface area (Å²) < 4.78 is 0. The highest BCUT2D eigenvalue weighted by molar-refractivity contribution is 8.14. The maximum atomic E-state index is 13.3. The largest absolute Gasteiger partial charge is 0.480 e. The summed E-state index contributed by atoms with van der Waals surface area (Å²) in [7, 11) is 0. The van der Waals surface area contributed by atoms with E-state index in [1.54, 1.807) is 30.5 Å². The Kier molecular flexibility index (Phi) is 9.24. The Balaban J connectivity index is 1.44. The van der Waals surface area contributed by atoms with E-state index >= 15 is 0 Å². The highest BCUT2D eigenvalue weighted by Gasteiger charge is 2.27. The van der Waals surface area contributed by atoms with Gasteiger partial charge in [-0.15, -0.1) is 11.3 Å². The molecule has 0 saturated heterocycles. The van der Waals surface area contributed by atoms with Crippen LogP contribution in [0.25, 0.3) is 10.6 Å². The van der Waals surface area contributed by atoms with Crippen molar-refractivity contribution in [2.24, 2.45) is 5.92 Å². The maximum Gasteiger partial charge on any atom is 0.326 e. The Bertz CT molecular complexity index is 1310. The lowest BCUT2D eigenvalue weighted by atomic mass is 9.98. The van der Waals surface area contributed by atoms with Crippen molar-refractivity contribution in [1.29, 1.82) is 0 Å². The van der Waals surface area contributed by atoms with E-state index in [4.69, 9.17) is 0 Å². The van der Waals surface area contributed by atoms with Crippen molar-refractivity contribution in [2.45, 2.75) is 18.9 Å². The fourth-order valence-electron chi connectivity index (χ4n) is 3.83. The van der Waals surface area contributed by atoms with Gasteiger partial charge in [-0.2, -0.15) is 0 Å². The van der Waals surface area contributed by atoms with Crippen molar-refractivity contribution in [1.82, 2.24) is 10.3 Å². The summed E-state index contributed by atoms with van der Waals surface area (Å²) in [6.45, 7) is 0. The third-order valence-corrected chi connectivity index (χ3v) is 7.70. The molecule has 0 spiro atoms. The number of amides is 1. The summed E-state index contributed by atoms with van der Waals surface area (Å²) in [6, 6.07) is 24.8. The van der Waals surface area contributed by atoms with E-state index in [1.165, 1.54) is 11.3 Å². The Labute approximate surface area is 223 Å². The average Bonchev–Trinajstić information content (AvgIpc) is 3.47. The van der Waals surface area contributed by atoms with Crippen LogP contribution in [-0.4, -0.2) is 38.9 Å². The second-order valence-electron chi connectivity index (χ2n) is 8.49. The van der Waals surface area contributed by atoms with Crippen molar-refractivity contribution in [2.75, 3.05) is 5.75 Å². The lowest BCUT2D eigenvalue weighted by Gasteiger charge is -2.20. The summed E-state index contributed by atoms with van der Waals surface area (Å²) in [5.41, 5.74) is 3.26. The van der Waals surface area contributed by atoms with E-state index in [0.29, 0.717) is 12.0 Å². The normalized spacial score (nSPS) is 12.4. The minimum absolute atomic E-state index is 0.124. The predicted octanol–water partition coefficient (Wildman–Crippen LogP) is 5.35. The second-order valence-corrected chi connectivity index (χ2v) is 10.4. The zero-order chi connectivity index (χ0) is 26.0. The number of thioether (sulfide) groups is 1. The van der Waals surface area contributed by atoms with Crippen LogP contribution < -0.4 is 5.32 Å². The lowest BCUT2D eigenvalue weighted by Crippen LogP contribution is -2.46.